The van der Waals surface area contributed by atoms with Crippen LogP contribution in [0.25, 0.3) is 0 Å². The Hall–Kier alpha value is -1.35. The third kappa shape index (κ3) is 5.05. The molecule has 2 aromatic carbocycles. The molecule has 156 valence electrons. The second-order valence-electron chi connectivity index (χ2n) is 6.69. The van der Waals surface area contributed by atoms with E-state index in [4.69, 9.17) is 44.3 Å². The molecule has 0 spiro atoms. The highest BCUT2D eigenvalue weighted by atomic mass is 35.5. The lowest BCUT2D eigenvalue weighted by Gasteiger charge is -2.34. The maximum Gasteiger partial charge on any atom is 0.343 e. The average Bonchev–Trinajstić information content (AvgIpc) is 2.63. The molecule has 29 heavy (non-hydrogen) atoms. The first-order valence-electron chi connectivity index (χ1n) is 8.70. The van der Waals surface area contributed by atoms with Crippen LogP contribution in [0.5, 0.6) is 5.75 Å². The van der Waals surface area contributed by atoms with E-state index in [1.807, 2.05) is 0 Å². The molecule has 1 heterocycles. The van der Waals surface area contributed by atoms with Gasteiger partial charge >= 0.3 is 5.97 Å². The van der Waals surface area contributed by atoms with Crippen molar-refractivity contribution in [3.63, 3.8) is 0 Å². The molecule has 0 bridgehead atoms. The van der Waals surface area contributed by atoms with Crippen molar-refractivity contribution in [3.05, 3.63) is 57.0 Å². The van der Waals surface area contributed by atoms with Gasteiger partial charge in [-0.25, -0.2) is 13.2 Å². The standard InChI is InChI=1S/C19H18Cl3NO5S/c1-11-9-23(10-12(2)27-11)29(25,26)18-7-13(3-5-15(18)21)19(24)28-17-6-4-14(20)8-16(17)22/h3-8,11-12H,9-10H2,1-2H3. The molecule has 0 radical (unpaired) electrons. The van der Waals surface area contributed by atoms with Crippen molar-refractivity contribution in [2.45, 2.75) is 31.0 Å². The van der Waals surface area contributed by atoms with Crippen LogP contribution in [0.3, 0.4) is 0 Å². The van der Waals surface area contributed by atoms with Crippen LogP contribution in [0.4, 0.5) is 0 Å². The van der Waals surface area contributed by atoms with Gasteiger partial charge in [-0.05, 0) is 50.2 Å². The van der Waals surface area contributed by atoms with E-state index < -0.39 is 16.0 Å². The van der Waals surface area contributed by atoms with Gasteiger partial charge in [0, 0.05) is 18.1 Å². The minimum absolute atomic E-state index is 0.0119. The minimum Gasteiger partial charge on any atom is -0.421 e. The van der Waals surface area contributed by atoms with E-state index in [9.17, 15) is 13.2 Å². The van der Waals surface area contributed by atoms with Crippen LogP contribution >= 0.6 is 34.8 Å². The summed E-state index contributed by atoms with van der Waals surface area (Å²) in [5, 5.41) is 0.561. The molecule has 0 aromatic heterocycles. The summed E-state index contributed by atoms with van der Waals surface area (Å²) < 4.78 is 38.4. The van der Waals surface area contributed by atoms with Crippen molar-refractivity contribution in [2.75, 3.05) is 13.1 Å². The van der Waals surface area contributed by atoms with Crippen LogP contribution in [0.1, 0.15) is 24.2 Å². The Kier molecular flexibility index (Phi) is 6.77. The number of esters is 1. The average molecular weight is 479 g/mol. The highest BCUT2D eigenvalue weighted by Gasteiger charge is 2.34. The number of morpholine rings is 1. The lowest BCUT2D eigenvalue weighted by molar-refractivity contribution is -0.0440. The number of halogens is 3. The van der Waals surface area contributed by atoms with Crippen LogP contribution in [0, 0.1) is 0 Å². The summed E-state index contributed by atoms with van der Waals surface area (Å²) >= 11 is 18.0. The van der Waals surface area contributed by atoms with Crippen LogP contribution in [0.2, 0.25) is 15.1 Å². The van der Waals surface area contributed by atoms with Crippen LogP contribution in [-0.2, 0) is 14.8 Å². The first-order valence-corrected chi connectivity index (χ1v) is 11.3. The zero-order valence-electron chi connectivity index (χ0n) is 15.6. The van der Waals surface area contributed by atoms with Crippen LogP contribution < -0.4 is 4.74 Å². The summed E-state index contributed by atoms with van der Waals surface area (Å²) in [5.41, 5.74) is 0.0216. The Morgan fingerprint density at radius 3 is 2.31 bits per heavy atom. The maximum absolute atomic E-state index is 13.1. The van der Waals surface area contributed by atoms with Gasteiger partial charge in [0.1, 0.15) is 10.6 Å². The number of ether oxygens (including phenoxy) is 2. The number of carbonyl (C=O) groups is 1. The molecule has 6 nitrogen and oxygen atoms in total. The number of hydrogen-bond donors (Lipinski definition) is 0. The van der Waals surface area contributed by atoms with Crippen LogP contribution in [-0.4, -0.2) is 44.0 Å². The van der Waals surface area contributed by atoms with E-state index in [0.29, 0.717) is 5.02 Å². The summed E-state index contributed by atoms with van der Waals surface area (Å²) in [6.07, 6.45) is -0.514. The third-order valence-corrected chi connectivity index (χ3v) is 7.11. The van der Waals surface area contributed by atoms with Crippen LogP contribution in [0.15, 0.2) is 41.3 Å². The Labute approximate surface area is 184 Å². The van der Waals surface area contributed by atoms with E-state index in [-0.39, 0.29) is 51.6 Å². The van der Waals surface area contributed by atoms with Crippen molar-refractivity contribution >= 4 is 50.8 Å². The van der Waals surface area contributed by atoms with E-state index in [0.717, 1.165) is 0 Å². The Morgan fingerprint density at radius 1 is 1.03 bits per heavy atom. The quantitative estimate of drug-likeness (QED) is 0.472. The summed E-state index contributed by atoms with van der Waals surface area (Å²) in [7, 11) is -3.93. The van der Waals surface area contributed by atoms with Gasteiger partial charge in [0.15, 0.2) is 0 Å². The molecular weight excluding hydrogens is 461 g/mol. The van der Waals surface area contributed by atoms with Gasteiger partial charge in [-0.3, -0.25) is 0 Å². The summed E-state index contributed by atoms with van der Waals surface area (Å²) in [5.74, 6) is -0.665. The number of benzene rings is 2. The van der Waals surface area contributed by atoms with E-state index in [2.05, 4.69) is 0 Å². The molecule has 10 heteroatoms. The number of rotatable bonds is 4. The van der Waals surface area contributed by atoms with Gasteiger partial charge in [0.2, 0.25) is 10.0 Å². The zero-order valence-corrected chi connectivity index (χ0v) is 18.6. The summed E-state index contributed by atoms with van der Waals surface area (Å²) in [4.78, 5) is 12.4. The lowest BCUT2D eigenvalue weighted by Crippen LogP contribution is -2.48. The molecular formula is C19H18Cl3NO5S. The topological polar surface area (TPSA) is 72.9 Å². The van der Waals surface area contributed by atoms with Gasteiger partial charge in [0.25, 0.3) is 0 Å². The van der Waals surface area contributed by atoms with Gasteiger partial charge in [0.05, 0.1) is 27.8 Å². The number of hydrogen-bond acceptors (Lipinski definition) is 5. The van der Waals surface area contributed by atoms with Crippen molar-refractivity contribution in [1.82, 2.24) is 4.31 Å². The monoisotopic (exact) mass is 477 g/mol. The molecule has 0 saturated carbocycles. The molecule has 2 aromatic rings. The second kappa shape index (κ2) is 8.79. The fourth-order valence-corrected chi connectivity index (χ4v) is 5.55. The zero-order chi connectivity index (χ0) is 21.3. The molecule has 1 aliphatic rings. The predicted molar refractivity (Wildman–Crippen MR) is 112 cm³/mol. The van der Waals surface area contributed by atoms with E-state index in [1.165, 1.54) is 40.7 Å². The number of sulfonamides is 1. The first kappa shape index (κ1) is 22.3. The Balaban J connectivity index is 1.90. The Morgan fingerprint density at radius 2 is 1.69 bits per heavy atom. The van der Waals surface area contributed by atoms with E-state index in [1.54, 1.807) is 13.8 Å². The second-order valence-corrected chi connectivity index (χ2v) is 9.85. The third-order valence-electron chi connectivity index (χ3n) is 4.27. The number of nitrogens with zero attached hydrogens (tertiary/aromatic N) is 1. The van der Waals surface area contributed by atoms with Gasteiger partial charge in [-0.1, -0.05) is 34.8 Å². The van der Waals surface area contributed by atoms with Gasteiger partial charge in [-0.2, -0.15) is 4.31 Å². The highest BCUT2D eigenvalue weighted by Crippen LogP contribution is 2.30. The molecule has 0 aliphatic carbocycles. The van der Waals surface area contributed by atoms with Crippen molar-refractivity contribution in [2.24, 2.45) is 0 Å². The fraction of sp³-hybridized carbons (Fsp3) is 0.316. The molecule has 0 N–H and O–H groups in total. The molecule has 1 fully saturated rings. The van der Waals surface area contributed by atoms with Gasteiger partial charge in [-0.15, -0.1) is 0 Å². The SMILES string of the molecule is CC1CN(S(=O)(=O)c2cc(C(=O)Oc3ccc(Cl)cc3Cl)ccc2Cl)CC(C)O1. The molecule has 2 unspecified atom stereocenters. The van der Waals surface area contributed by atoms with Crippen molar-refractivity contribution < 1.29 is 22.7 Å². The van der Waals surface area contributed by atoms with Crippen molar-refractivity contribution in [3.8, 4) is 5.75 Å². The first-order chi connectivity index (χ1) is 13.6. The fourth-order valence-electron chi connectivity index (χ4n) is 3.01. The van der Waals surface area contributed by atoms with E-state index >= 15 is 0 Å². The minimum atomic E-state index is -3.93. The Bertz CT molecular complexity index is 1030. The van der Waals surface area contributed by atoms with Gasteiger partial charge < -0.3 is 9.47 Å². The lowest BCUT2D eigenvalue weighted by atomic mass is 10.2. The van der Waals surface area contributed by atoms with Crippen molar-refractivity contribution in [1.29, 1.82) is 0 Å². The summed E-state index contributed by atoms with van der Waals surface area (Å²) in [6.45, 7) is 3.98. The molecule has 1 saturated heterocycles. The normalized spacial score (nSPS) is 20.4. The molecule has 1 aliphatic heterocycles. The predicted octanol–water partition coefficient (Wildman–Crippen LogP) is 4.66. The largest absolute Gasteiger partial charge is 0.421 e. The maximum atomic E-state index is 13.1. The molecule has 0 amide bonds. The molecule has 2 atom stereocenters. The smallest absolute Gasteiger partial charge is 0.343 e. The number of carbonyl (C=O) groups excluding carboxylic acids is 1. The summed E-state index contributed by atoms with van der Waals surface area (Å²) in [6, 6.07) is 8.35. The highest BCUT2D eigenvalue weighted by molar-refractivity contribution is 7.89. The molecule has 3 rings (SSSR count).